The minimum Gasteiger partial charge on any atom is -0.477 e. The van der Waals surface area contributed by atoms with Gasteiger partial charge in [0.05, 0.1) is 12.7 Å². The Morgan fingerprint density at radius 2 is 2.25 bits per heavy atom. The van der Waals surface area contributed by atoms with E-state index in [-0.39, 0.29) is 5.91 Å². The molecule has 0 radical (unpaired) electrons. The zero-order valence-corrected chi connectivity index (χ0v) is 14.4. The molecule has 2 fully saturated rings. The zero-order chi connectivity index (χ0) is 16.8. The molecule has 0 aliphatic carbocycles. The fourth-order valence-corrected chi connectivity index (χ4v) is 3.41. The highest BCUT2D eigenvalue weighted by atomic mass is 16.5. The van der Waals surface area contributed by atoms with Gasteiger partial charge in [-0.1, -0.05) is 0 Å². The molecule has 2 aliphatic rings. The minimum absolute atomic E-state index is 0.0190. The number of ether oxygens (including phenoxy) is 2. The first-order valence-electron chi connectivity index (χ1n) is 8.99. The van der Waals surface area contributed by atoms with Crippen LogP contribution in [0, 0.1) is 0 Å². The smallest absolute Gasteiger partial charge is 0.259 e. The average Bonchev–Trinajstić information content (AvgIpc) is 2.99. The number of amides is 1. The summed E-state index contributed by atoms with van der Waals surface area (Å²) >= 11 is 0. The highest BCUT2D eigenvalue weighted by Gasteiger charge is 2.25. The van der Waals surface area contributed by atoms with Crippen LogP contribution in [-0.2, 0) is 4.74 Å². The molecular formula is C18H27N3O3. The third kappa shape index (κ3) is 4.24. The summed E-state index contributed by atoms with van der Waals surface area (Å²) in [6.07, 6.45) is 5.35. The Kier molecular flexibility index (Phi) is 6.04. The highest BCUT2D eigenvalue weighted by Crippen LogP contribution is 2.19. The molecule has 0 saturated carbocycles. The van der Waals surface area contributed by atoms with E-state index in [1.54, 1.807) is 18.3 Å². The maximum absolute atomic E-state index is 12.9. The number of rotatable bonds is 5. The second-order valence-electron chi connectivity index (χ2n) is 6.37. The van der Waals surface area contributed by atoms with Crippen molar-refractivity contribution >= 4 is 5.91 Å². The molecule has 3 heterocycles. The summed E-state index contributed by atoms with van der Waals surface area (Å²) in [5.41, 5.74) is 0.562. The lowest BCUT2D eigenvalue weighted by Gasteiger charge is -2.24. The van der Waals surface area contributed by atoms with E-state index in [2.05, 4.69) is 9.88 Å². The van der Waals surface area contributed by atoms with Crippen molar-refractivity contribution in [1.29, 1.82) is 0 Å². The lowest BCUT2D eigenvalue weighted by molar-refractivity contribution is 0.0702. The zero-order valence-electron chi connectivity index (χ0n) is 14.4. The van der Waals surface area contributed by atoms with Crippen molar-refractivity contribution in [2.75, 3.05) is 45.9 Å². The molecule has 0 aromatic carbocycles. The molecular weight excluding hydrogens is 306 g/mol. The number of nitrogens with zero attached hydrogens (tertiary/aromatic N) is 3. The van der Waals surface area contributed by atoms with Gasteiger partial charge in [0.15, 0.2) is 0 Å². The number of hydrogen-bond acceptors (Lipinski definition) is 5. The molecule has 1 atom stereocenters. The second-order valence-corrected chi connectivity index (χ2v) is 6.37. The molecule has 24 heavy (non-hydrogen) atoms. The Hall–Kier alpha value is -1.66. The van der Waals surface area contributed by atoms with E-state index in [4.69, 9.17) is 9.47 Å². The van der Waals surface area contributed by atoms with Gasteiger partial charge in [-0.3, -0.25) is 9.69 Å². The fraction of sp³-hybridized carbons (Fsp3) is 0.667. The third-order valence-corrected chi connectivity index (χ3v) is 4.64. The van der Waals surface area contributed by atoms with Crippen LogP contribution in [0.3, 0.4) is 0 Å². The Balaban J connectivity index is 1.60. The highest BCUT2D eigenvalue weighted by molar-refractivity contribution is 5.96. The lowest BCUT2D eigenvalue weighted by atomic mass is 10.2. The van der Waals surface area contributed by atoms with Crippen LogP contribution in [0.2, 0.25) is 0 Å². The minimum atomic E-state index is 0.0190. The molecule has 1 amide bonds. The van der Waals surface area contributed by atoms with E-state index in [0.717, 1.165) is 52.2 Å². The second kappa shape index (κ2) is 8.44. The molecule has 2 saturated heterocycles. The first-order valence-corrected chi connectivity index (χ1v) is 8.99. The van der Waals surface area contributed by atoms with Crippen molar-refractivity contribution < 1.29 is 14.3 Å². The maximum Gasteiger partial charge on any atom is 0.259 e. The topological polar surface area (TPSA) is 54.9 Å². The van der Waals surface area contributed by atoms with E-state index in [1.165, 1.54) is 6.42 Å². The third-order valence-electron chi connectivity index (χ3n) is 4.64. The summed E-state index contributed by atoms with van der Waals surface area (Å²) < 4.78 is 11.2. The van der Waals surface area contributed by atoms with Gasteiger partial charge in [-0.15, -0.1) is 0 Å². The van der Waals surface area contributed by atoms with Gasteiger partial charge >= 0.3 is 0 Å². The van der Waals surface area contributed by atoms with Crippen LogP contribution in [0.5, 0.6) is 5.88 Å². The van der Waals surface area contributed by atoms with E-state index in [0.29, 0.717) is 24.2 Å². The molecule has 3 rings (SSSR count). The van der Waals surface area contributed by atoms with Crippen LogP contribution < -0.4 is 4.74 Å². The molecule has 2 aliphatic heterocycles. The van der Waals surface area contributed by atoms with E-state index >= 15 is 0 Å². The quantitative estimate of drug-likeness (QED) is 0.822. The molecule has 132 valence electrons. The average molecular weight is 333 g/mol. The maximum atomic E-state index is 12.9. The Bertz CT molecular complexity index is 546. The number of carbonyl (C=O) groups excluding carboxylic acids is 1. The van der Waals surface area contributed by atoms with Gasteiger partial charge in [-0.2, -0.15) is 0 Å². The van der Waals surface area contributed by atoms with Crippen LogP contribution in [-0.4, -0.2) is 72.7 Å². The van der Waals surface area contributed by atoms with Gasteiger partial charge in [-0.25, -0.2) is 4.98 Å². The summed E-state index contributed by atoms with van der Waals surface area (Å²) in [6.45, 7) is 7.73. The van der Waals surface area contributed by atoms with Gasteiger partial charge in [-0.05, 0) is 44.9 Å². The van der Waals surface area contributed by atoms with Crippen molar-refractivity contribution in [3.8, 4) is 5.88 Å². The lowest BCUT2D eigenvalue weighted by Crippen LogP contribution is -2.37. The van der Waals surface area contributed by atoms with Crippen molar-refractivity contribution in [3.05, 3.63) is 23.9 Å². The largest absolute Gasteiger partial charge is 0.477 e. The molecule has 0 N–H and O–H groups in total. The predicted molar refractivity (Wildman–Crippen MR) is 91.3 cm³/mol. The molecule has 0 spiro atoms. The van der Waals surface area contributed by atoms with Crippen LogP contribution >= 0.6 is 0 Å². The molecule has 6 heteroatoms. The molecule has 6 nitrogen and oxygen atoms in total. The van der Waals surface area contributed by atoms with Gasteiger partial charge < -0.3 is 14.4 Å². The van der Waals surface area contributed by atoms with Crippen molar-refractivity contribution in [1.82, 2.24) is 14.8 Å². The number of pyridine rings is 1. The van der Waals surface area contributed by atoms with Crippen LogP contribution in [0.15, 0.2) is 18.3 Å². The Morgan fingerprint density at radius 3 is 3.04 bits per heavy atom. The molecule has 0 bridgehead atoms. The summed E-state index contributed by atoms with van der Waals surface area (Å²) in [6, 6.07) is 3.59. The fourth-order valence-electron chi connectivity index (χ4n) is 3.41. The van der Waals surface area contributed by atoms with E-state index < -0.39 is 0 Å². The monoisotopic (exact) mass is 333 g/mol. The summed E-state index contributed by atoms with van der Waals surface area (Å²) in [7, 11) is 0. The van der Waals surface area contributed by atoms with Crippen molar-refractivity contribution in [2.45, 2.75) is 32.3 Å². The van der Waals surface area contributed by atoms with Crippen molar-refractivity contribution in [3.63, 3.8) is 0 Å². The SMILES string of the molecule is CCOc1ncccc1C(=O)N1CCCN(C[C@H]2CCCO2)CC1. The number of hydrogen-bond donors (Lipinski definition) is 0. The van der Waals surface area contributed by atoms with Crippen LogP contribution in [0.1, 0.15) is 36.5 Å². The van der Waals surface area contributed by atoms with E-state index in [1.807, 2.05) is 11.8 Å². The van der Waals surface area contributed by atoms with Crippen LogP contribution in [0.4, 0.5) is 0 Å². The molecule has 1 aromatic rings. The van der Waals surface area contributed by atoms with Gasteiger partial charge in [0.25, 0.3) is 5.91 Å². The number of aromatic nitrogens is 1. The first kappa shape index (κ1) is 17.2. The number of carbonyl (C=O) groups is 1. The standard InChI is InChI=1S/C18H27N3O3/c1-2-23-17-16(7-3-8-19-17)18(22)21-10-5-9-20(11-12-21)14-15-6-4-13-24-15/h3,7-8,15H,2,4-6,9-14H2,1H3/t15-/m1/s1. The van der Waals surface area contributed by atoms with E-state index in [9.17, 15) is 4.79 Å². The first-order chi connectivity index (χ1) is 11.8. The molecule has 1 aromatic heterocycles. The van der Waals surface area contributed by atoms with Gasteiger partial charge in [0, 0.05) is 39.0 Å². The summed E-state index contributed by atoms with van der Waals surface area (Å²) in [4.78, 5) is 21.4. The van der Waals surface area contributed by atoms with Gasteiger partial charge in [0.2, 0.25) is 5.88 Å². The normalized spacial score (nSPS) is 22.4. The van der Waals surface area contributed by atoms with Crippen LogP contribution in [0.25, 0.3) is 0 Å². The summed E-state index contributed by atoms with van der Waals surface area (Å²) in [5, 5.41) is 0. The Morgan fingerprint density at radius 1 is 1.33 bits per heavy atom. The predicted octanol–water partition coefficient (Wildman–Crippen LogP) is 1.81. The Labute approximate surface area is 143 Å². The van der Waals surface area contributed by atoms with Gasteiger partial charge in [0.1, 0.15) is 5.56 Å². The van der Waals surface area contributed by atoms with Crippen molar-refractivity contribution in [2.24, 2.45) is 0 Å². The molecule has 0 unspecified atom stereocenters. The summed E-state index contributed by atoms with van der Waals surface area (Å²) in [5.74, 6) is 0.455.